The Kier molecular flexibility index (Phi) is 8.81. The number of rotatable bonds is 6. The van der Waals surface area contributed by atoms with E-state index in [2.05, 4.69) is 49.2 Å². The molecule has 2 aromatic heterocycles. The fourth-order valence-corrected chi connectivity index (χ4v) is 9.96. The van der Waals surface area contributed by atoms with E-state index in [9.17, 15) is 15.0 Å². The molecular weight excluding hydrogens is 625 g/mol. The number of carbonyl (C=O) groups is 1. The van der Waals surface area contributed by atoms with E-state index in [1.807, 2.05) is 42.5 Å². The van der Waals surface area contributed by atoms with Gasteiger partial charge in [0.05, 0.1) is 34.7 Å². The van der Waals surface area contributed by atoms with Gasteiger partial charge >= 0.3 is 0 Å². The van der Waals surface area contributed by atoms with E-state index in [0.717, 1.165) is 73.7 Å². The zero-order valence-electron chi connectivity index (χ0n) is 27.2. The molecule has 3 aromatic carbocycles. The zero-order chi connectivity index (χ0) is 32.8. The van der Waals surface area contributed by atoms with Gasteiger partial charge in [-0.1, -0.05) is 60.7 Å². The van der Waals surface area contributed by atoms with Crippen molar-refractivity contribution >= 4 is 50.0 Å². The first kappa shape index (κ1) is 32.1. The van der Waals surface area contributed by atoms with Gasteiger partial charge in [0.1, 0.15) is 5.75 Å². The summed E-state index contributed by atoms with van der Waals surface area (Å²) in [7, 11) is 1.65. The highest BCUT2D eigenvalue weighted by atomic mass is 32.2. The SMILES string of the molecule is COc1ccc2nc(SCC3(O)CCC4c5ccc(cc5C(=O)c5cc6ccccc6s5)CC(O)CCC(C)=CCCC43C)[nH]c2c1. The molecule has 3 aliphatic rings. The van der Waals surface area contributed by atoms with Crippen LogP contribution in [0.2, 0.25) is 0 Å². The smallest absolute Gasteiger partial charge is 0.203 e. The van der Waals surface area contributed by atoms with Gasteiger partial charge in [-0.25, -0.2) is 4.98 Å². The Bertz CT molecular complexity index is 1950. The molecule has 0 spiro atoms. The number of aromatic amines is 1. The van der Waals surface area contributed by atoms with Crippen molar-refractivity contribution in [2.75, 3.05) is 12.9 Å². The molecule has 5 aromatic rings. The summed E-state index contributed by atoms with van der Waals surface area (Å²) in [6, 6.07) is 22.1. The molecule has 3 N–H and O–H groups in total. The molecule has 0 radical (unpaired) electrons. The first-order chi connectivity index (χ1) is 22.7. The number of methoxy groups -OCH3 is 1. The minimum Gasteiger partial charge on any atom is -0.497 e. The number of carbonyl (C=O) groups excluding carboxylic acids is 1. The second-order valence-corrected chi connectivity index (χ2v) is 15.7. The lowest BCUT2D eigenvalue weighted by atomic mass is 9.65. The third-order valence-corrected chi connectivity index (χ3v) is 12.9. The molecule has 1 fully saturated rings. The minimum absolute atomic E-state index is 0.0167. The maximum Gasteiger partial charge on any atom is 0.203 e. The summed E-state index contributed by atoms with van der Waals surface area (Å²) in [6.45, 7) is 4.37. The van der Waals surface area contributed by atoms with Crippen LogP contribution in [0.5, 0.6) is 5.75 Å². The lowest BCUT2D eigenvalue weighted by Gasteiger charge is -2.44. The lowest BCUT2D eigenvalue weighted by Crippen LogP contribution is -2.46. The number of thiophene rings is 1. The Labute approximate surface area is 284 Å². The molecule has 1 saturated carbocycles. The van der Waals surface area contributed by atoms with Gasteiger partial charge in [-0.15, -0.1) is 11.3 Å². The number of aliphatic hydroxyl groups excluding tert-OH is 1. The van der Waals surface area contributed by atoms with E-state index in [1.165, 1.54) is 16.9 Å². The summed E-state index contributed by atoms with van der Waals surface area (Å²) >= 11 is 3.09. The van der Waals surface area contributed by atoms with Gasteiger partial charge in [-0.2, -0.15) is 0 Å². The van der Waals surface area contributed by atoms with E-state index < -0.39 is 17.1 Å². The van der Waals surface area contributed by atoms with Gasteiger partial charge in [0.2, 0.25) is 5.78 Å². The second kappa shape index (κ2) is 12.9. The topological polar surface area (TPSA) is 95.4 Å². The molecule has 2 bridgehead atoms. The predicted octanol–water partition coefficient (Wildman–Crippen LogP) is 8.85. The summed E-state index contributed by atoms with van der Waals surface area (Å²) in [5.41, 5.74) is 4.23. The number of fused-ring (bicyclic) bond motifs is 10. The number of aliphatic hydroxyl groups is 2. The number of ketones is 1. The van der Waals surface area contributed by atoms with E-state index in [1.54, 1.807) is 18.9 Å². The van der Waals surface area contributed by atoms with Crippen LogP contribution in [-0.4, -0.2) is 50.5 Å². The van der Waals surface area contributed by atoms with Crippen LogP contribution >= 0.6 is 23.1 Å². The third-order valence-electron chi connectivity index (χ3n) is 10.7. The Morgan fingerprint density at radius 2 is 1.96 bits per heavy atom. The highest BCUT2D eigenvalue weighted by Crippen LogP contribution is 2.59. The number of allylic oxidation sites excluding steroid dienone is 2. The van der Waals surface area contributed by atoms with E-state index in [-0.39, 0.29) is 11.7 Å². The number of thioether (sulfide) groups is 1. The molecule has 0 saturated heterocycles. The van der Waals surface area contributed by atoms with E-state index in [0.29, 0.717) is 30.6 Å². The van der Waals surface area contributed by atoms with Crippen molar-refractivity contribution < 1.29 is 19.7 Å². The first-order valence-corrected chi connectivity index (χ1v) is 18.3. The molecule has 0 amide bonds. The van der Waals surface area contributed by atoms with Crippen molar-refractivity contribution in [3.05, 3.63) is 99.9 Å². The molecule has 0 aliphatic heterocycles. The quantitative estimate of drug-likeness (QED) is 0.0952. The molecule has 8 rings (SSSR count). The largest absolute Gasteiger partial charge is 0.497 e. The maximum absolute atomic E-state index is 14.4. The van der Waals surface area contributed by atoms with E-state index in [4.69, 9.17) is 9.72 Å². The Morgan fingerprint density at radius 3 is 2.79 bits per heavy atom. The van der Waals surface area contributed by atoms with Crippen molar-refractivity contribution in [2.45, 2.75) is 81.6 Å². The minimum atomic E-state index is -0.982. The van der Waals surface area contributed by atoms with Crippen LogP contribution in [0.1, 0.15) is 84.7 Å². The summed E-state index contributed by atoms with van der Waals surface area (Å²) in [4.78, 5) is 23.4. The first-order valence-electron chi connectivity index (χ1n) is 16.5. The van der Waals surface area contributed by atoms with Gasteiger partial charge < -0.3 is 19.9 Å². The number of nitrogens with zero attached hydrogens (tertiary/aromatic N) is 1. The second-order valence-electron chi connectivity index (χ2n) is 13.6. The fraction of sp³-hybridized carbons (Fsp3) is 0.385. The monoisotopic (exact) mass is 666 g/mol. The van der Waals surface area contributed by atoms with Crippen molar-refractivity contribution in [3.63, 3.8) is 0 Å². The van der Waals surface area contributed by atoms with Gasteiger partial charge in [0.25, 0.3) is 0 Å². The van der Waals surface area contributed by atoms with Crippen LogP contribution in [0.3, 0.4) is 0 Å². The highest BCUT2D eigenvalue weighted by Gasteiger charge is 2.56. The number of H-pyrrole nitrogens is 1. The fourth-order valence-electron chi connectivity index (χ4n) is 7.75. The molecule has 6 nitrogen and oxygen atoms in total. The maximum atomic E-state index is 14.4. The van der Waals surface area contributed by atoms with E-state index >= 15 is 0 Å². The van der Waals surface area contributed by atoms with Crippen molar-refractivity contribution in [1.29, 1.82) is 0 Å². The highest BCUT2D eigenvalue weighted by molar-refractivity contribution is 7.99. The Hall–Kier alpha value is -3.43. The summed E-state index contributed by atoms with van der Waals surface area (Å²) in [6.07, 6.45) is 6.83. The number of imidazole rings is 1. The summed E-state index contributed by atoms with van der Waals surface area (Å²) in [5, 5.41) is 25.4. The average molecular weight is 667 g/mol. The molecular formula is C39H42N2O4S2. The number of hydrogen-bond donors (Lipinski definition) is 3. The summed E-state index contributed by atoms with van der Waals surface area (Å²) < 4.78 is 6.48. The number of ether oxygens (including phenoxy) is 1. The number of nitrogens with one attached hydrogen (secondary N) is 1. The molecule has 4 atom stereocenters. The van der Waals surface area contributed by atoms with Crippen LogP contribution in [0.15, 0.2) is 83.5 Å². The Balaban J connectivity index is 1.27. The van der Waals surface area contributed by atoms with Crippen LogP contribution in [-0.2, 0) is 6.42 Å². The molecule has 8 heteroatoms. The normalized spacial score (nSPS) is 25.1. The van der Waals surface area contributed by atoms with Crippen molar-refractivity contribution in [2.24, 2.45) is 5.41 Å². The van der Waals surface area contributed by atoms with Gasteiger partial charge in [-0.05, 0) is 105 Å². The van der Waals surface area contributed by atoms with Crippen LogP contribution in [0.4, 0.5) is 0 Å². The predicted molar refractivity (Wildman–Crippen MR) is 192 cm³/mol. The summed E-state index contributed by atoms with van der Waals surface area (Å²) in [5.74, 6) is 1.26. The van der Waals surface area contributed by atoms with Crippen LogP contribution < -0.4 is 4.74 Å². The number of hydrogen-bond acceptors (Lipinski definition) is 7. The third kappa shape index (κ3) is 6.17. The number of benzene rings is 3. The van der Waals surface area contributed by atoms with Gasteiger partial charge in [0.15, 0.2) is 5.16 Å². The standard InChI is InChI=1S/C39H42N2O4S2/c1-24-7-6-17-38(2)31(16-18-39(38,44)23-46-37-40-32-15-13-28(45-3)22-33(32)41-37)29-14-11-25(19-27(42)12-10-24)20-30(29)36(43)35-21-26-8-4-5-9-34(26)47-35/h4-5,7-9,11,13-15,20-22,27,31,42,44H,6,10,12,16-19,23H2,1-3H3,(H,40,41). The molecule has 4 unspecified atom stereocenters. The molecule has 47 heavy (non-hydrogen) atoms. The van der Waals surface area contributed by atoms with Crippen molar-refractivity contribution in [1.82, 2.24) is 9.97 Å². The molecule has 244 valence electrons. The lowest BCUT2D eigenvalue weighted by molar-refractivity contribution is -0.0422. The van der Waals surface area contributed by atoms with Crippen LogP contribution in [0, 0.1) is 5.41 Å². The molecule has 2 heterocycles. The molecule has 3 aliphatic carbocycles. The van der Waals surface area contributed by atoms with Gasteiger partial charge in [0, 0.05) is 27.5 Å². The van der Waals surface area contributed by atoms with Crippen LogP contribution in [0.25, 0.3) is 21.1 Å². The van der Waals surface area contributed by atoms with Crippen molar-refractivity contribution in [3.8, 4) is 5.75 Å². The van der Waals surface area contributed by atoms with Gasteiger partial charge in [-0.3, -0.25) is 4.79 Å². The zero-order valence-corrected chi connectivity index (χ0v) is 28.8. The average Bonchev–Trinajstić information content (AvgIpc) is 3.76. The Morgan fingerprint density at radius 1 is 1.11 bits per heavy atom. The number of aromatic nitrogens is 2.